The van der Waals surface area contributed by atoms with Gasteiger partial charge in [0.05, 0.1) is 11.6 Å². The number of hydrogen-bond acceptors (Lipinski definition) is 5. The monoisotopic (exact) mass is 393 g/mol. The lowest BCUT2D eigenvalue weighted by Gasteiger charge is -2.21. The zero-order chi connectivity index (χ0) is 21.0. The van der Waals surface area contributed by atoms with Gasteiger partial charge in [0.25, 0.3) is 11.5 Å². The van der Waals surface area contributed by atoms with Crippen LogP contribution < -0.4 is 16.6 Å². The van der Waals surface area contributed by atoms with Gasteiger partial charge in [0.2, 0.25) is 5.91 Å². The maximum absolute atomic E-state index is 12.4. The summed E-state index contributed by atoms with van der Waals surface area (Å²) in [6.07, 6.45) is 1.70. The van der Waals surface area contributed by atoms with E-state index >= 15 is 0 Å². The van der Waals surface area contributed by atoms with Gasteiger partial charge in [-0.3, -0.25) is 24.3 Å². The van der Waals surface area contributed by atoms with Crippen molar-refractivity contribution in [3.8, 4) is 0 Å². The molecule has 2 heterocycles. The fourth-order valence-corrected chi connectivity index (χ4v) is 2.90. The second-order valence-corrected chi connectivity index (χ2v) is 6.94. The second kappa shape index (κ2) is 8.66. The summed E-state index contributed by atoms with van der Waals surface area (Å²) in [4.78, 5) is 44.7. The van der Waals surface area contributed by atoms with Crippen molar-refractivity contribution in [3.63, 3.8) is 0 Å². The number of nitrogens with one attached hydrogen (secondary N) is 2. The molecule has 29 heavy (non-hydrogen) atoms. The van der Waals surface area contributed by atoms with Crippen LogP contribution in [0.15, 0.2) is 53.5 Å². The number of para-hydroxylation sites is 1. The SMILES string of the molecule is CC(C(N)=O)N(C)Cc1ccc(C(=O)NCc2cnc3ccccc3c2)c(=O)[nH]1. The number of nitrogens with zero attached hydrogens (tertiary/aromatic N) is 2. The molecule has 4 N–H and O–H groups in total. The number of primary amides is 1. The summed E-state index contributed by atoms with van der Waals surface area (Å²) in [6.45, 7) is 2.27. The highest BCUT2D eigenvalue weighted by atomic mass is 16.2. The molecule has 0 aliphatic rings. The molecular formula is C21H23N5O3. The number of nitrogens with two attached hydrogens (primary N) is 1. The molecule has 8 nitrogen and oxygen atoms in total. The average molecular weight is 393 g/mol. The number of hydrogen-bond donors (Lipinski definition) is 3. The zero-order valence-electron chi connectivity index (χ0n) is 16.3. The van der Waals surface area contributed by atoms with E-state index in [1.54, 1.807) is 31.1 Å². The summed E-state index contributed by atoms with van der Waals surface area (Å²) >= 11 is 0. The molecule has 0 bridgehead atoms. The first-order valence-electron chi connectivity index (χ1n) is 9.19. The van der Waals surface area contributed by atoms with Crippen LogP contribution in [0.2, 0.25) is 0 Å². The highest BCUT2D eigenvalue weighted by Gasteiger charge is 2.16. The number of likely N-dealkylation sites (N-methyl/N-ethyl adjacent to an activating group) is 1. The number of pyridine rings is 2. The van der Waals surface area contributed by atoms with Crippen molar-refractivity contribution in [1.29, 1.82) is 0 Å². The van der Waals surface area contributed by atoms with Crippen LogP contribution in [0.5, 0.6) is 0 Å². The molecule has 8 heteroatoms. The first-order chi connectivity index (χ1) is 13.8. The minimum atomic E-state index is -0.489. The normalized spacial score (nSPS) is 12.1. The lowest BCUT2D eigenvalue weighted by molar-refractivity contribution is -0.122. The molecule has 0 saturated carbocycles. The summed E-state index contributed by atoms with van der Waals surface area (Å²) in [7, 11) is 1.73. The molecule has 0 spiro atoms. The quantitative estimate of drug-likeness (QED) is 0.556. The van der Waals surface area contributed by atoms with E-state index in [9.17, 15) is 14.4 Å². The second-order valence-electron chi connectivity index (χ2n) is 6.94. The molecule has 1 aromatic carbocycles. The van der Waals surface area contributed by atoms with Crippen molar-refractivity contribution in [3.05, 3.63) is 75.8 Å². The molecule has 0 aliphatic carbocycles. The zero-order valence-corrected chi connectivity index (χ0v) is 16.3. The first kappa shape index (κ1) is 20.2. The van der Waals surface area contributed by atoms with Gasteiger partial charge in [0.15, 0.2) is 0 Å². The van der Waals surface area contributed by atoms with Crippen LogP contribution in [-0.2, 0) is 17.9 Å². The molecule has 3 rings (SSSR count). The van der Waals surface area contributed by atoms with Gasteiger partial charge in [-0.2, -0.15) is 0 Å². The van der Waals surface area contributed by atoms with Gasteiger partial charge in [-0.05, 0) is 43.8 Å². The maximum atomic E-state index is 12.4. The number of rotatable bonds is 7. The van der Waals surface area contributed by atoms with E-state index in [-0.39, 0.29) is 12.1 Å². The summed E-state index contributed by atoms with van der Waals surface area (Å²) in [5.41, 5.74) is 7.12. The Hall–Kier alpha value is -3.52. The number of benzene rings is 1. The van der Waals surface area contributed by atoms with Crippen LogP contribution >= 0.6 is 0 Å². The summed E-state index contributed by atoms with van der Waals surface area (Å²) < 4.78 is 0. The van der Waals surface area contributed by atoms with Gasteiger partial charge < -0.3 is 16.0 Å². The third-order valence-electron chi connectivity index (χ3n) is 4.81. The standard InChI is InChI=1S/C21H23N5O3/c1-13(19(22)27)26(2)12-16-7-8-17(21(29)25-16)20(28)24-11-14-9-15-5-3-4-6-18(15)23-10-14/h3-10,13H,11-12H2,1-2H3,(H2,22,27)(H,24,28)(H,25,29). The van der Waals surface area contributed by atoms with E-state index < -0.39 is 23.4 Å². The maximum Gasteiger partial charge on any atom is 0.261 e. The Morgan fingerprint density at radius 2 is 2.00 bits per heavy atom. The Kier molecular flexibility index (Phi) is 6.04. The van der Waals surface area contributed by atoms with Crippen LogP contribution in [0, 0.1) is 0 Å². The van der Waals surface area contributed by atoms with Crippen molar-refractivity contribution in [2.45, 2.75) is 26.1 Å². The Morgan fingerprint density at radius 1 is 1.24 bits per heavy atom. The number of amides is 2. The Balaban J connectivity index is 1.66. The van der Waals surface area contributed by atoms with Crippen molar-refractivity contribution in [2.75, 3.05) is 7.05 Å². The summed E-state index contributed by atoms with van der Waals surface area (Å²) in [6, 6.07) is 12.3. The molecule has 2 aromatic heterocycles. The van der Waals surface area contributed by atoms with Crippen molar-refractivity contribution in [1.82, 2.24) is 20.2 Å². The van der Waals surface area contributed by atoms with Crippen LogP contribution in [0.4, 0.5) is 0 Å². The molecule has 2 amide bonds. The first-order valence-corrected chi connectivity index (χ1v) is 9.19. The molecule has 150 valence electrons. The third kappa shape index (κ3) is 4.85. The van der Waals surface area contributed by atoms with Crippen LogP contribution in [0.1, 0.15) is 28.5 Å². The minimum absolute atomic E-state index is 0.0214. The summed E-state index contributed by atoms with van der Waals surface area (Å²) in [5.74, 6) is -0.918. The molecule has 0 radical (unpaired) electrons. The van der Waals surface area contributed by atoms with Crippen molar-refractivity contribution >= 4 is 22.7 Å². The minimum Gasteiger partial charge on any atom is -0.368 e. The largest absolute Gasteiger partial charge is 0.368 e. The Morgan fingerprint density at radius 3 is 2.72 bits per heavy atom. The summed E-state index contributed by atoms with van der Waals surface area (Å²) in [5, 5.41) is 3.73. The molecule has 0 fully saturated rings. The molecular weight excluding hydrogens is 370 g/mol. The third-order valence-corrected chi connectivity index (χ3v) is 4.81. The topological polar surface area (TPSA) is 121 Å². The Labute approximate surface area is 167 Å². The highest BCUT2D eigenvalue weighted by Crippen LogP contribution is 2.12. The van der Waals surface area contributed by atoms with Crippen molar-refractivity contribution in [2.24, 2.45) is 5.73 Å². The molecule has 1 atom stereocenters. The molecule has 1 unspecified atom stereocenters. The predicted octanol–water partition coefficient (Wildman–Crippen LogP) is 1.16. The molecule has 3 aromatic rings. The van der Waals surface area contributed by atoms with E-state index in [2.05, 4.69) is 15.3 Å². The van der Waals surface area contributed by atoms with Gasteiger partial charge in [-0.15, -0.1) is 0 Å². The van der Waals surface area contributed by atoms with Crippen molar-refractivity contribution < 1.29 is 9.59 Å². The number of fused-ring (bicyclic) bond motifs is 1. The Bertz CT molecular complexity index is 1110. The predicted molar refractivity (Wildman–Crippen MR) is 110 cm³/mol. The number of carbonyl (C=O) groups excluding carboxylic acids is 2. The smallest absolute Gasteiger partial charge is 0.261 e. The van der Waals surface area contributed by atoms with E-state index in [1.165, 1.54) is 6.07 Å². The average Bonchev–Trinajstić information content (AvgIpc) is 2.71. The van der Waals surface area contributed by atoms with Gasteiger partial charge in [0, 0.05) is 30.4 Å². The fourth-order valence-electron chi connectivity index (χ4n) is 2.90. The van der Waals surface area contributed by atoms with E-state index in [0.717, 1.165) is 16.5 Å². The fraction of sp³-hybridized carbons (Fsp3) is 0.238. The van der Waals surface area contributed by atoms with Gasteiger partial charge >= 0.3 is 0 Å². The molecule has 0 aliphatic heterocycles. The van der Waals surface area contributed by atoms with Crippen LogP contribution in [0.25, 0.3) is 10.9 Å². The van der Waals surface area contributed by atoms with Gasteiger partial charge in [-0.1, -0.05) is 18.2 Å². The van der Waals surface area contributed by atoms with Gasteiger partial charge in [0.1, 0.15) is 5.56 Å². The number of aromatic nitrogens is 2. The number of carbonyl (C=O) groups is 2. The van der Waals surface area contributed by atoms with E-state index in [0.29, 0.717) is 12.2 Å². The lowest BCUT2D eigenvalue weighted by Crippen LogP contribution is -2.40. The van der Waals surface area contributed by atoms with Crippen LogP contribution in [0.3, 0.4) is 0 Å². The number of aromatic amines is 1. The molecule has 0 saturated heterocycles. The van der Waals surface area contributed by atoms with E-state index in [4.69, 9.17) is 5.73 Å². The van der Waals surface area contributed by atoms with Gasteiger partial charge in [-0.25, -0.2) is 0 Å². The van der Waals surface area contributed by atoms with E-state index in [1.807, 2.05) is 30.3 Å². The van der Waals surface area contributed by atoms with Crippen LogP contribution in [-0.4, -0.2) is 39.8 Å². The highest BCUT2D eigenvalue weighted by molar-refractivity contribution is 5.93. The number of H-pyrrole nitrogens is 1. The lowest BCUT2D eigenvalue weighted by atomic mass is 10.1.